The normalized spacial score (nSPS) is 20.2. The Morgan fingerprint density at radius 3 is 2.60 bits per heavy atom. The van der Waals surface area contributed by atoms with Crippen LogP contribution >= 0.6 is 11.8 Å². The van der Waals surface area contributed by atoms with E-state index in [4.69, 9.17) is 4.74 Å². The predicted molar refractivity (Wildman–Crippen MR) is 58.8 cm³/mol. The Labute approximate surface area is 116 Å². The van der Waals surface area contributed by atoms with Gasteiger partial charge in [-0.3, -0.25) is 0 Å². The van der Waals surface area contributed by atoms with Gasteiger partial charge in [0, 0.05) is 5.75 Å². The van der Waals surface area contributed by atoms with Crippen LogP contribution in [0.25, 0.3) is 0 Å². The molecule has 1 atom stereocenters. The fourth-order valence-corrected chi connectivity index (χ4v) is 2.03. The van der Waals surface area contributed by atoms with E-state index in [1.165, 1.54) is 11.8 Å². The van der Waals surface area contributed by atoms with Gasteiger partial charge in [0.25, 0.3) is 0 Å². The second-order valence-electron chi connectivity index (χ2n) is 3.41. The van der Waals surface area contributed by atoms with Crippen LogP contribution in [0.4, 0.5) is 8.78 Å². The van der Waals surface area contributed by atoms with Gasteiger partial charge in [-0.25, -0.2) is 18.0 Å². The molecule has 1 heterocycles. The first kappa shape index (κ1) is 17.1. The first-order valence-electron chi connectivity index (χ1n) is 5.04. The van der Waals surface area contributed by atoms with Gasteiger partial charge >= 0.3 is 17.2 Å². The van der Waals surface area contributed by atoms with E-state index in [9.17, 15) is 31.3 Å². The van der Waals surface area contributed by atoms with Gasteiger partial charge in [-0.2, -0.15) is 20.5 Å². The smallest absolute Gasteiger partial charge is 0.428 e. The Morgan fingerprint density at radius 2 is 2.10 bits per heavy atom. The van der Waals surface area contributed by atoms with E-state index in [1.807, 2.05) is 0 Å². The van der Waals surface area contributed by atoms with Crippen molar-refractivity contribution in [1.29, 1.82) is 0 Å². The van der Waals surface area contributed by atoms with Gasteiger partial charge in [0.05, 0.1) is 12.4 Å². The van der Waals surface area contributed by atoms with Crippen LogP contribution in [0.1, 0.15) is 0 Å². The zero-order valence-electron chi connectivity index (χ0n) is 9.74. The van der Waals surface area contributed by atoms with E-state index in [0.29, 0.717) is 18.1 Å². The fourth-order valence-electron chi connectivity index (χ4n) is 1.03. The minimum atomic E-state index is -6.21. The summed E-state index contributed by atoms with van der Waals surface area (Å²) in [7, 11) is -6.21. The van der Waals surface area contributed by atoms with Crippen molar-refractivity contribution in [3.05, 3.63) is 0 Å². The lowest BCUT2D eigenvalue weighted by Crippen LogP contribution is -2.40. The van der Waals surface area contributed by atoms with Gasteiger partial charge in [-0.1, -0.05) is 0 Å². The largest absolute Gasteiger partial charge is 0.743 e. The number of hydrogen-bond acceptors (Lipinski definition) is 9. The van der Waals surface area contributed by atoms with Crippen molar-refractivity contribution in [1.82, 2.24) is 0 Å². The lowest BCUT2D eigenvalue weighted by molar-refractivity contribution is -0.184. The number of hydrogen-bond donors (Lipinski definition) is 0. The summed E-state index contributed by atoms with van der Waals surface area (Å²) in [5.41, 5.74) is 0. The lowest BCUT2D eigenvalue weighted by atomic mass is 10.6. The molecule has 8 nitrogen and oxygen atoms in total. The number of alkyl halides is 2. The summed E-state index contributed by atoms with van der Waals surface area (Å²) in [6.07, 6.45) is -0.899. The van der Waals surface area contributed by atoms with E-state index in [1.54, 1.807) is 0 Å². The molecule has 0 amide bonds. The molecule has 0 radical (unpaired) electrons. The Hall–Kier alpha value is -0.980. The minimum Gasteiger partial charge on any atom is -0.743 e. The van der Waals surface area contributed by atoms with Crippen LogP contribution < -0.4 is 0 Å². The van der Waals surface area contributed by atoms with Crippen molar-refractivity contribution in [3.8, 4) is 0 Å². The predicted octanol–water partition coefficient (Wildman–Crippen LogP) is -0.700. The zero-order valence-corrected chi connectivity index (χ0v) is 11.4. The number of rotatable bonds is 5. The first-order valence-corrected chi connectivity index (χ1v) is 7.60. The SMILES string of the molecule is O=C(COC(=O)C(F)(F)S(=O)(=O)[O-])OC1CSCCO1. The highest BCUT2D eigenvalue weighted by Crippen LogP contribution is 2.22. The topological polar surface area (TPSA) is 119 Å². The second-order valence-corrected chi connectivity index (χ2v) is 5.98. The van der Waals surface area contributed by atoms with Crippen molar-refractivity contribution < 1.29 is 45.6 Å². The van der Waals surface area contributed by atoms with Crippen molar-refractivity contribution >= 4 is 33.8 Å². The molecule has 1 unspecified atom stereocenters. The Bertz CT molecular complexity index is 471. The van der Waals surface area contributed by atoms with E-state index in [-0.39, 0.29) is 0 Å². The highest BCUT2D eigenvalue weighted by atomic mass is 32.2. The third-order valence-corrected chi connectivity index (χ3v) is 3.68. The van der Waals surface area contributed by atoms with Gasteiger partial charge in [0.15, 0.2) is 16.7 Å². The lowest BCUT2D eigenvalue weighted by Gasteiger charge is -2.22. The Kier molecular flexibility index (Phi) is 5.68. The second kappa shape index (κ2) is 6.65. The molecule has 1 aliphatic heterocycles. The van der Waals surface area contributed by atoms with Crippen LogP contribution in [0.3, 0.4) is 0 Å². The molecule has 1 rings (SSSR count). The maximum absolute atomic E-state index is 12.7. The molecule has 0 aromatic heterocycles. The summed E-state index contributed by atoms with van der Waals surface area (Å²) in [6, 6.07) is 0. The maximum Gasteiger partial charge on any atom is 0.428 e. The molecule has 1 fully saturated rings. The number of esters is 2. The molecule has 0 N–H and O–H groups in total. The molecule has 116 valence electrons. The molecular formula is C8H9F2O8S2-. The zero-order chi connectivity index (χ0) is 15.4. The highest BCUT2D eigenvalue weighted by molar-refractivity contribution is 7.99. The monoisotopic (exact) mass is 335 g/mol. The molecule has 0 aromatic rings. The molecule has 1 aliphatic rings. The molecule has 0 bridgehead atoms. The van der Waals surface area contributed by atoms with Crippen LogP contribution in [0, 0.1) is 0 Å². The quantitative estimate of drug-likeness (QED) is 0.474. The average Bonchev–Trinajstić information content (AvgIpc) is 2.35. The van der Waals surface area contributed by atoms with E-state index in [0.717, 1.165) is 0 Å². The van der Waals surface area contributed by atoms with Gasteiger partial charge in [0.1, 0.15) is 0 Å². The summed E-state index contributed by atoms with van der Waals surface area (Å²) in [5.74, 6) is -2.81. The summed E-state index contributed by atoms with van der Waals surface area (Å²) < 4.78 is 69.0. The fraction of sp³-hybridized carbons (Fsp3) is 0.750. The van der Waals surface area contributed by atoms with Crippen molar-refractivity contribution in [2.24, 2.45) is 0 Å². The Balaban J connectivity index is 2.42. The third kappa shape index (κ3) is 4.54. The number of carbonyl (C=O) groups excluding carboxylic acids is 2. The minimum absolute atomic E-state index is 0.324. The van der Waals surface area contributed by atoms with E-state index in [2.05, 4.69) is 9.47 Å². The van der Waals surface area contributed by atoms with Crippen molar-refractivity contribution in [2.75, 3.05) is 24.7 Å². The first-order chi connectivity index (χ1) is 9.14. The number of ether oxygens (including phenoxy) is 3. The maximum atomic E-state index is 12.7. The van der Waals surface area contributed by atoms with Gasteiger partial charge in [-0.05, 0) is 0 Å². The average molecular weight is 335 g/mol. The van der Waals surface area contributed by atoms with Gasteiger partial charge in [-0.15, -0.1) is 0 Å². The molecule has 0 spiro atoms. The molecule has 0 aromatic carbocycles. The van der Waals surface area contributed by atoms with Crippen LogP contribution in [0.5, 0.6) is 0 Å². The molecule has 0 saturated carbocycles. The molecule has 20 heavy (non-hydrogen) atoms. The van der Waals surface area contributed by atoms with Crippen LogP contribution in [-0.2, 0) is 33.9 Å². The summed E-state index contributed by atoms with van der Waals surface area (Å²) in [6.45, 7) is -0.927. The molecular weight excluding hydrogens is 326 g/mol. The highest BCUT2D eigenvalue weighted by Gasteiger charge is 2.48. The van der Waals surface area contributed by atoms with Crippen LogP contribution in [-0.4, -0.2) is 61.2 Å². The number of halogens is 2. The number of thioether (sulfide) groups is 1. The van der Waals surface area contributed by atoms with Crippen molar-refractivity contribution in [3.63, 3.8) is 0 Å². The van der Waals surface area contributed by atoms with Gasteiger partial charge < -0.3 is 18.8 Å². The van der Waals surface area contributed by atoms with Gasteiger partial charge in [0.2, 0.25) is 6.29 Å². The molecule has 1 saturated heterocycles. The van der Waals surface area contributed by atoms with Crippen LogP contribution in [0.2, 0.25) is 0 Å². The standard InChI is InChI=1S/C8H10F2O8S2/c9-8(10,20(13,14)15)7(12)17-3-5(11)18-6-4-19-2-1-16-6/h6H,1-4H2,(H,13,14,15)/p-1. The Morgan fingerprint density at radius 1 is 1.45 bits per heavy atom. The third-order valence-electron chi connectivity index (χ3n) is 1.92. The van der Waals surface area contributed by atoms with E-state index < -0.39 is 40.2 Å². The van der Waals surface area contributed by atoms with Crippen LogP contribution in [0.15, 0.2) is 0 Å². The summed E-state index contributed by atoms with van der Waals surface area (Å²) in [5, 5.41) is -5.26. The van der Waals surface area contributed by atoms with E-state index >= 15 is 0 Å². The molecule has 0 aliphatic carbocycles. The number of carbonyl (C=O) groups is 2. The van der Waals surface area contributed by atoms with Crippen molar-refractivity contribution in [2.45, 2.75) is 11.5 Å². The summed E-state index contributed by atoms with van der Waals surface area (Å²) >= 11 is 1.43. The summed E-state index contributed by atoms with van der Waals surface area (Å²) in [4.78, 5) is 21.8. The molecule has 12 heteroatoms.